The molecule has 0 aliphatic rings. The van der Waals surface area contributed by atoms with E-state index in [0.29, 0.717) is 5.46 Å². The molecule has 1 nitrogen and oxygen atoms in total. The molecule has 0 aliphatic heterocycles. The molecule has 13 heavy (non-hydrogen) atoms. The van der Waals surface area contributed by atoms with Gasteiger partial charge < -0.3 is 0 Å². The summed E-state index contributed by atoms with van der Waals surface area (Å²) in [7, 11) is 5.36. The van der Waals surface area contributed by atoms with Gasteiger partial charge in [0.25, 0.3) is 0 Å². The van der Waals surface area contributed by atoms with E-state index < -0.39 is 5.95 Å². The molecule has 0 saturated heterocycles. The van der Waals surface area contributed by atoms with Gasteiger partial charge in [0, 0.05) is 6.20 Å². The summed E-state index contributed by atoms with van der Waals surface area (Å²) in [5.74, 6) is -0.485. The highest BCUT2D eigenvalue weighted by Gasteiger charge is 1.92. The maximum absolute atomic E-state index is 12.2. The van der Waals surface area contributed by atoms with E-state index in [9.17, 15) is 4.39 Å². The van der Waals surface area contributed by atoms with Crippen molar-refractivity contribution in [3.63, 3.8) is 0 Å². The number of pyridine rings is 1. The molecule has 72 valence electrons. The van der Waals surface area contributed by atoms with Crippen LogP contribution in [0.25, 0.3) is 0 Å². The van der Waals surface area contributed by atoms with Crippen LogP contribution >= 0.6 is 0 Å². The molecule has 0 bridgehead atoms. The highest BCUT2D eigenvalue weighted by molar-refractivity contribution is 6.33. The molecule has 0 aromatic carbocycles. The first-order valence-electron chi connectivity index (χ1n) is 4.58. The second-order valence-electron chi connectivity index (χ2n) is 1.86. The fraction of sp³-hybridized carbons (Fsp3) is 0.500. The van der Waals surface area contributed by atoms with Crippen LogP contribution < -0.4 is 5.46 Å². The van der Waals surface area contributed by atoms with E-state index in [1.807, 2.05) is 27.7 Å². The molecule has 0 spiro atoms. The molecule has 1 heterocycles. The van der Waals surface area contributed by atoms with E-state index in [-0.39, 0.29) is 0 Å². The van der Waals surface area contributed by atoms with Crippen LogP contribution in [0, 0.1) is 12.9 Å². The zero-order valence-corrected chi connectivity index (χ0v) is 9.06. The molecule has 0 N–H and O–H groups in total. The van der Waals surface area contributed by atoms with E-state index in [1.165, 1.54) is 12.3 Å². The monoisotopic (exact) mass is 181 g/mol. The SMILES string of the molecule is CC.CC.[B]c1cnc(F)cc1C. The van der Waals surface area contributed by atoms with Gasteiger partial charge in [0.15, 0.2) is 0 Å². The lowest BCUT2D eigenvalue weighted by atomic mass is 9.94. The van der Waals surface area contributed by atoms with Gasteiger partial charge in [0.2, 0.25) is 5.95 Å². The van der Waals surface area contributed by atoms with Crippen LogP contribution in [-0.4, -0.2) is 12.8 Å². The Morgan fingerprint density at radius 1 is 1.23 bits per heavy atom. The lowest BCUT2D eigenvalue weighted by Crippen LogP contribution is -2.08. The highest BCUT2D eigenvalue weighted by Crippen LogP contribution is 1.92. The fourth-order valence-corrected chi connectivity index (χ4v) is 0.532. The summed E-state index contributed by atoms with van der Waals surface area (Å²) < 4.78 is 12.2. The molecule has 1 rings (SSSR count). The predicted octanol–water partition coefficient (Wildman–Crippen LogP) is 2.38. The maximum Gasteiger partial charge on any atom is 0.213 e. The van der Waals surface area contributed by atoms with Crippen molar-refractivity contribution >= 4 is 13.3 Å². The van der Waals surface area contributed by atoms with Gasteiger partial charge in [-0.15, -0.1) is 0 Å². The number of nitrogens with zero attached hydrogens (tertiary/aromatic N) is 1. The molecule has 1 aromatic heterocycles. The van der Waals surface area contributed by atoms with Crippen LogP contribution in [0.1, 0.15) is 33.3 Å². The smallest absolute Gasteiger partial charge is 0.213 e. The Labute approximate surface area is 81.8 Å². The zero-order valence-electron chi connectivity index (χ0n) is 9.06. The molecule has 0 aliphatic carbocycles. The normalized spacial score (nSPS) is 7.54. The van der Waals surface area contributed by atoms with Gasteiger partial charge in [0.1, 0.15) is 7.85 Å². The Morgan fingerprint density at radius 2 is 1.69 bits per heavy atom. The minimum atomic E-state index is -0.485. The van der Waals surface area contributed by atoms with Crippen molar-refractivity contribution < 1.29 is 4.39 Å². The molecule has 1 aromatic rings. The molecule has 0 amide bonds. The maximum atomic E-state index is 12.2. The van der Waals surface area contributed by atoms with Crippen LogP contribution in [-0.2, 0) is 0 Å². The second-order valence-corrected chi connectivity index (χ2v) is 1.86. The van der Waals surface area contributed by atoms with E-state index in [1.54, 1.807) is 6.92 Å². The van der Waals surface area contributed by atoms with Crippen molar-refractivity contribution in [1.82, 2.24) is 4.98 Å². The van der Waals surface area contributed by atoms with E-state index in [4.69, 9.17) is 7.85 Å². The first-order chi connectivity index (χ1) is 6.20. The Kier molecular flexibility index (Phi) is 10.4. The number of aromatic nitrogens is 1. The molecule has 0 atom stereocenters. The third-order valence-electron chi connectivity index (χ3n) is 1.12. The quantitative estimate of drug-likeness (QED) is 0.442. The molecule has 0 saturated carbocycles. The molecule has 2 radical (unpaired) electrons. The average Bonchev–Trinajstić information content (AvgIpc) is 2.18. The van der Waals surface area contributed by atoms with Crippen LogP contribution in [0.15, 0.2) is 12.3 Å². The number of rotatable bonds is 0. The summed E-state index contributed by atoms with van der Waals surface area (Å²) in [5, 5.41) is 0. The first kappa shape index (κ1) is 14.7. The Balaban J connectivity index is 0. The van der Waals surface area contributed by atoms with Gasteiger partial charge in [-0.2, -0.15) is 4.39 Å². The standard InChI is InChI=1S/C6H5BFN.2C2H6/c1-4-2-6(8)9-3-5(4)7;2*1-2/h2-3H,1H3;2*1-2H3. The van der Waals surface area contributed by atoms with Gasteiger partial charge in [-0.1, -0.05) is 38.7 Å². The lowest BCUT2D eigenvalue weighted by Gasteiger charge is -1.95. The minimum Gasteiger partial charge on any atom is -0.229 e. The fourth-order valence-electron chi connectivity index (χ4n) is 0.532. The number of hydrogen-bond donors (Lipinski definition) is 0. The van der Waals surface area contributed by atoms with Crippen molar-refractivity contribution in [1.29, 1.82) is 0 Å². The lowest BCUT2D eigenvalue weighted by molar-refractivity contribution is 0.583. The number of halogens is 1. The second kappa shape index (κ2) is 9.23. The third kappa shape index (κ3) is 6.32. The van der Waals surface area contributed by atoms with Crippen molar-refractivity contribution in [3.8, 4) is 0 Å². The average molecular weight is 181 g/mol. The van der Waals surface area contributed by atoms with E-state index >= 15 is 0 Å². The van der Waals surface area contributed by atoms with Gasteiger partial charge in [-0.25, -0.2) is 4.98 Å². The van der Waals surface area contributed by atoms with Crippen molar-refractivity contribution in [2.75, 3.05) is 0 Å². The van der Waals surface area contributed by atoms with Crippen LogP contribution in [0.4, 0.5) is 4.39 Å². The molecule has 0 fully saturated rings. The van der Waals surface area contributed by atoms with Crippen molar-refractivity contribution in [2.45, 2.75) is 34.6 Å². The van der Waals surface area contributed by atoms with Gasteiger partial charge in [-0.05, 0) is 13.0 Å². The number of aryl methyl sites for hydroxylation is 1. The summed E-state index contributed by atoms with van der Waals surface area (Å²) >= 11 is 0. The Morgan fingerprint density at radius 3 is 2.00 bits per heavy atom. The summed E-state index contributed by atoms with van der Waals surface area (Å²) in [6, 6.07) is 1.30. The molecule has 3 heteroatoms. The summed E-state index contributed by atoms with van der Waals surface area (Å²) in [6.45, 7) is 9.74. The van der Waals surface area contributed by atoms with Crippen LogP contribution in [0.3, 0.4) is 0 Å². The Bertz CT molecular complexity index is 226. The van der Waals surface area contributed by atoms with Gasteiger partial charge in [-0.3, -0.25) is 0 Å². The van der Waals surface area contributed by atoms with Crippen molar-refractivity contribution in [2.24, 2.45) is 0 Å². The molecular weight excluding hydrogens is 164 g/mol. The summed E-state index contributed by atoms with van der Waals surface area (Å²) in [6.07, 6.45) is 1.31. The van der Waals surface area contributed by atoms with Crippen LogP contribution in [0.2, 0.25) is 0 Å². The molecule has 0 unspecified atom stereocenters. The van der Waals surface area contributed by atoms with E-state index in [0.717, 1.165) is 5.56 Å². The van der Waals surface area contributed by atoms with Gasteiger partial charge in [0.05, 0.1) is 0 Å². The number of hydrogen-bond acceptors (Lipinski definition) is 1. The summed E-state index contributed by atoms with van der Waals surface area (Å²) in [4.78, 5) is 3.35. The largest absolute Gasteiger partial charge is 0.229 e. The predicted molar refractivity (Wildman–Crippen MR) is 57.0 cm³/mol. The first-order valence-corrected chi connectivity index (χ1v) is 4.58. The van der Waals surface area contributed by atoms with E-state index in [2.05, 4.69) is 4.98 Å². The topological polar surface area (TPSA) is 12.9 Å². The molecular formula is C10H17BFN. The van der Waals surface area contributed by atoms with Gasteiger partial charge >= 0.3 is 0 Å². The third-order valence-corrected chi connectivity index (χ3v) is 1.12. The Hall–Kier alpha value is -0.855. The van der Waals surface area contributed by atoms with Crippen LogP contribution in [0.5, 0.6) is 0 Å². The summed E-state index contributed by atoms with van der Waals surface area (Å²) in [5.41, 5.74) is 1.25. The zero-order chi connectivity index (χ0) is 10.9. The minimum absolute atomic E-state index is 0.485. The van der Waals surface area contributed by atoms with Crippen molar-refractivity contribution in [3.05, 3.63) is 23.8 Å². The highest BCUT2D eigenvalue weighted by atomic mass is 19.1.